The quantitative estimate of drug-likeness (QED) is 0.0553. The zero-order valence-electron chi connectivity index (χ0n) is 55.3. The molecular weight excluding hydrogens is 1080 g/mol. The molecule has 0 bridgehead atoms. The number of rotatable bonds is 8. The molecule has 1 aromatic rings. The molecule has 472 valence electrons. The van der Waals surface area contributed by atoms with E-state index in [1.807, 2.05) is 85.4 Å². The summed E-state index contributed by atoms with van der Waals surface area (Å²) in [5.74, 6) is 5.58. The second-order valence-electron chi connectivity index (χ2n) is 31.4. The minimum atomic E-state index is -0.624. The van der Waals surface area contributed by atoms with Crippen molar-refractivity contribution in [1.82, 2.24) is 20.2 Å². The largest absolute Gasteiger partial charge is 0.330 e. The number of fused-ring (bicyclic) bond motifs is 14. The third-order valence-corrected chi connectivity index (χ3v) is 26.1. The SMILES string of the molecule is CCOC(OCC)OCC.NNC=O.[C-]#[N+]C1=C[C@]2(C)C3=CC(=O)[C@@H]4[C@@H]5C[C@@](C)(N)CC[C@]5(C)CC[C@@]4(C)[C@]3(C)CC[C@H]2C(C)(C)C1=O.[C-]#[N+]C1=C[C@]2(C)C3=CC(=O)[C@@H]4[C@@H]5C[C@@](C)(n6cnnc6)CC[C@]5(C)CC[C@@]4(C)[C@]3(C)CC[C@H]2C(C)(C)C1=O. The fourth-order valence-corrected chi connectivity index (χ4v) is 20.6. The molecule has 86 heavy (non-hydrogen) atoms. The minimum absolute atomic E-state index is 0.00845. The summed E-state index contributed by atoms with van der Waals surface area (Å²) in [6, 6.07) is 0. The molecule has 11 rings (SSSR count). The van der Waals surface area contributed by atoms with Crippen LogP contribution in [0, 0.1) is 103 Å². The van der Waals surface area contributed by atoms with E-state index in [0.29, 0.717) is 32.1 Å². The molecule has 1 heterocycles. The van der Waals surface area contributed by atoms with Gasteiger partial charge in [0.1, 0.15) is 12.7 Å². The number of allylic oxidation sites excluding steroid dienone is 8. The number of hydrogen-bond donors (Lipinski definition) is 3. The highest BCUT2D eigenvalue weighted by Gasteiger charge is 2.71. The zero-order valence-corrected chi connectivity index (χ0v) is 55.3. The predicted molar refractivity (Wildman–Crippen MR) is 332 cm³/mol. The van der Waals surface area contributed by atoms with Crippen molar-refractivity contribution >= 4 is 29.5 Å². The van der Waals surface area contributed by atoms with Crippen LogP contribution in [0.2, 0.25) is 0 Å². The normalized spacial score (nSPS) is 42.9. The van der Waals surface area contributed by atoms with Gasteiger partial charge in [-0.2, -0.15) is 0 Å². The number of amides is 1. The summed E-state index contributed by atoms with van der Waals surface area (Å²) in [6.07, 6.45) is 26.3. The summed E-state index contributed by atoms with van der Waals surface area (Å²) >= 11 is 0. The van der Waals surface area contributed by atoms with E-state index in [4.69, 9.17) is 37.9 Å². The fourth-order valence-electron chi connectivity index (χ4n) is 20.6. The minimum Gasteiger partial charge on any atom is -0.330 e. The Bertz CT molecular complexity index is 3040. The number of nitrogens with zero attached hydrogens (tertiary/aromatic N) is 5. The molecule has 16 heteroatoms. The summed E-state index contributed by atoms with van der Waals surface area (Å²) in [5, 5.41) is 8.20. The number of ketones is 4. The Morgan fingerprint density at radius 3 is 1.35 bits per heavy atom. The van der Waals surface area contributed by atoms with Crippen molar-refractivity contribution in [2.75, 3.05) is 19.8 Å². The molecule has 6 saturated carbocycles. The molecule has 0 radical (unpaired) electrons. The fraction of sp³-hybridized carbons (Fsp3) is 0.757. The monoisotopic (exact) mass is 1180 g/mol. The van der Waals surface area contributed by atoms with Crippen molar-refractivity contribution in [2.45, 2.75) is 225 Å². The summed E-state index contributed by atoms with van der Waals surface area (Å²) in [6.45, 7) is 53.9. The van der Waals surface area contributed by atoms with Crippen molar-refractivity contribution in [3.05, 3.63) is 82.3 Å². The first kappa shape index (κ1) is 67.0. The van der Waals surface area contributed by atoms with Crippen LogP contribution < -0.4 is 17.0 Å². The van der Waals surface area contributed by atoms with E-state index in [1.54, 1.807) is 5.43 Å². The van der Waals surface area contributed by atoms with E-state index in [2.05, 4.69) is 99.5 Å². The number of carbonyl (C=O) groups is 5. The summed E-state index contributed by atoms with van der Waals surface area (Å²) in [4.78, 5) is 71.3. The van der Waals surface area contributed by atoms with Gasteiger partial charge in [-0.25, -0.2) is 15.5 Å². The topological polar surface area (TPSA) is 217 Å². The average Bonchev–Trinajstić information content (AvgIpc) is 0.703. The van der Waals surface area contributed by atoms with E-state index in [-0.39, 0.29) is 108 Å². The molecule has 0 saturated heterocycles. The van der Waals surface area contributed by atoms with E-state index >= 15 is 0 Å². The number of nitrogens with one attached hydrogen (secondary N) is 1. The lowest BCUT2D eigenvalue weighted by Gasteiger charge is -2.69. The average molecular weight is 1190 g/mol. The van der Waals surface area contributed by atoms with Crippen LogP contribution in [0.1, 0.15) is 208 Å². The molecule has 0 aromatic carbocycles. The van der Waals surface area contributed by atoms with Gasteiger partial charge in [0.25, 0.3) is 6.48 Å². The van der Waals surface area contributed by atoms with Crippen molar-refractivity contribution in [3.63, 3.8) is 0 Å². The summed E-state index contributed by atoms with van der Waals surface area (Å²) < 4.78 is 17.4. The van der Waals surface area contributed by atoms with Gasteiger partial charge in [0.2, 0.25) is 17.8 Å². The standard InChI is InChI=1S/C32H42N4O2.C30H42N2O2.C7H16O3.CH4N2O/c1-27(2)23-9-10-31(6)24(30(23,5)17-21(33-8)26(27)38)15-22(37)25-20-16-29(4,36-18-34-35-19-36)13-11-28(20,3)12-14-32(25,31)7;1-25(2)21-9-10-29(6)22(28(21,5)17-19(32-8)24(25)34)15-20(33)23-18-16-27(4,31)13-11-26(18,3)12-14-30(23,29)7;1-4-8-7(9-5-2)10-6-3;2-3-1-4/h15,17-20,23,25H,9-14,16H2,1-7H3;15,17-18,21,23H,9-14,16,31H2,1-7H3;7H,4-6H2,1-3H3;1H,2H2,(H,3,4)/t20-,23-,25-,28+,29-,30-,31+,32+;18-,21-,23-,26+,27-,28-,29+,30+;;/m00../s1. The Balaban J connectivity index is 0.000000184. The van der Waals surface area contributed by atoms with E-state index < -0.39 is 28.1 Å². The van der Waals surface area contributed by atoms with Crippen LogP contribution in [-0.4, -0.2) is 76.1 Å². The molecule has 10 aliphatic rings. The van der Waals surface area contributed by atoms with Crippen LogP contribution in [-0.2, 0) is 43.7 Å². The first-order valence-electron chi connectivity index (χ1n) is 32.2. The molecule has 1 aromatic heterocycles. The smallest absolute Gasteiger partial charge is 0.271 e. The van der Waals surface area contributed by atoms with Gasteiger partial charge in [-0.15, -0.1) is 10.2 Å². The van der Waals surface area contributed by atoms with Gasteiger partial charge in [-0.05, 0) is 193 Å². The molecule has 6 fully saturated rings. The van der Waals surface area contributed by atoms with Crippen LogP contribution in [0.25, 0.3) is 9.69 Å². The van der Waals surface area contributed by atoms with Crippen LogP contribution in [0.5, 0.6) is 0 Å². The number of ether oxygens (including phenoxy) is 3. The maximum atomic E-state index is 14.5. The highest BCUT2D eigenvalue weighted by molar-refractivity contribution is 6.04. The van der Waals surface area contributed by atoms with Gasteiger partial charge in [0, 0.05) is 64.4 Å². The van der Waals surface area contributed by atoms with Crippen molar-refractivity contribution < 1.29 is 38.2 Å². The van der Waals surface area contributed by atoms with Gasteiger partial charge >= 0.3 is 0 Å². The lowest BCUT2D eigenvalue weighted by molar-refractivity contribution is -0.282. The first-order valence-corrected chi connectivity index (χ1v) is 32.2. The molecule has 1 amide bonds. The zero-order chi connectivity index (χ0) is 63.9. The van der Waals surface area contributed by atoms with Gasteiger partial charge in [-0.1, -0.05) is 106 Å². The Morgan fingerprint density at radius 2 is 0.977 bits per heavy atom. The number of aromatic nitrogens is 3. The van der Waals surface area contributed by atoms with Gasteiger partial charge in [0.05, 0.1) is 13.1 Å². The second kappa shape index (κ2) is 23.1. The maximum Gasteiger partial charge on any atom is 0.271 e. The van der Waals surface area contributed by atoms with Gasteiger partial charge in [0.15, 0.2) is 23.1 Å². The van der Waals surface area contributed by atoms with Crippen LogP contribution in [0.15, 0.2) is 59.5 Å². The Labute approximate surface area is 514 Å². The van der Waals surface area contributed by atoms with Crippen molar-refractivity contribution in [1.29, 1.82) is 0 Å². The van der Waals surface area contributed by atoms with Crippen molar-refractivity contribution in [2.24, 2.45) is 101 Å². The molecule has 0 aliphatic heterocycles. The van der Waals surface area contributed by atoms with Gasteiger partial charge in [-0.3, -0.25) is 19.8 Å². The second-order valence-corrected chi connectivity index (χ2v) is 31.4. The number of Topliss-reactive ketones (excluding diaryl/α,β-unsaturated/α-hetero) is 2. The molecule has 0 spiro atoms. The summed E-state index contributed by atoms with van der Waals surface area (Å²) in [7, 11) is 0. The van der Waals surface area contributed by atoms with Crippen LogP contribution in [0.4, 0.5) is 0 Å². The number of carbonyl (C=O) groups excluding carboxylic acids is 5. The van der Waals surface area contributed by atoms with Gasteiger partial charge < -0.3 is 34.1 Å². The maximum absolute atomic E-state index is 14.5. The number of hydrazine groups is 1. The molecule has 10 aliphatic carbocycles. The number of nitrogens with two attached hydrogens (primary N) is 2. The van der Waals surface area contributed by atoms with Crippen molar-refractivity contribution in [3.8, 4) is 0 Å². The number of hydrogen-bond acceptors (Lipinski definition) is 12. The summed E-state index contributed by atoms with van der Waals surface area (Å²) in [5.41, 5.74) is 8.54. The van der Waals surface area contributed by atoms with Crippen LogP contribution in [0.3, 0.4) is 0 Å². The Kier molecular flexibility index (Phi) is 18.0. The third kappa shape index (κ3) is 10.3. The Morgan fingerprint density at radius 1 is 0.605 bits per heavy atom. The molecule has 0 unspecified atom stereocenters. The lowest BCUT2D eigenvalue weighted by atomic mass is 9.34. The van der Waals surface area contributed by atoms with E-state index in [0.717, 1.165) is 89.9 Å². The third-order valence-electron chi connectivity index (χ3n) is 26.1. The molecule has 16 atom stereocenters. The predicted octanol–water partition coefficient (Wildman–Crippen LogP) is 12.8. The van der Waals surface area contributed by atoms with E-state index in [9.17, 15) is 19.2 Å². The molecule has 5 N–H and O–H groups in total. The molecule has 16 nitrogen and oxygen atoms in total. The van der Waals surface area contributed by atoms with Crippen LogP contribution >= 0.6 is 0 Å². The first-order chi connectivity index (χ1) is 40.0. The highest BCUT2D eigenvalue weighted by Crippen LogP contribution is 2.76. The Hall–Kier alpha value is -4.97. The molecular formula is C70H104N8O8. The lowest BCUT2D eigenvalue weighted by Crippen LogP contribution is -2.65. The van der Waals surface area contributed by atoms with E-state index in [1.165, 1.54) is 11.1 Å². The highest BCUT2D eigenvalue weighted by atomic mass is 16.8.